The maximum Gasteiger partial charge on any atom is 0.240 e. The van der Waals surface area contributed by atoms with Crippen molar-refractivity contribution in [3.8, 4) is 0 Å². The first kappa shape index (κ1) is 13.0. The maximum absolute atomic E-state index is 12.4. The van der Waals surface area contributed by atoms with Crippen molar-refractivity contribution in [1.82, 2.24) is 15.6 Å². The van der Waals surface area contributed by atoms with Crippen LogP contribution in [-0.2, 0) is 4.79 Å². The van der Waals surface area contributed by atoms with Crippen LogP contribution in [0, 0.1) is 0 Å². The molecule has 2 heterocycles. The summed E-state index contributed by atoms with van der Waals surface area (Å²) in [5.74, 6) is 0.0978. The molecule has 1 aromatic heterocycles. The van der Waals surface area contributed by atoms with Crippen LogP contribution in [0.1, 0.15) is 44.8 Å². The van der Waals surface area contributed by atoms with E-state index in [-0.39, 0.29) is 17.5 Å². The molecule has 0 saturated carbocycles. The van der Waals surface area contributed by atoms with Crippen LogP contribution < -0.4 is 10.6 Å². The van der Waals surface area contributed by atoms with Crippen LogP contribution in [0.5, 0.6) is 0 Å². The third kappa shape index (κ3) is 2.53. The molecule has 1 saturated heterocycles. The minimum atomic E-state index is -0.372. The Morgan fingerprint density at radius 3 is 3.00 bits per heavy atom. The van der Waals surface area contributed by atoms with E-state index in [1.807, 2.05) is 25.1 Å². The Morgan fingerprint density at radius 1 is 1.61 bits per heavy atom. The summed E-state index contributed by atoms with van der Waals surface area (Å²) in [6, 6.07) is 5.70. The van der Waals surface area contributed by atoms with Crippen molar-refractivity contribution in [2.45, 2.75) is 44.7 Å². The van der Waals surface area contributed by atoms with Gasteiger partial charge in [0, 0.05) is 6.20 Å². The SMILES string of the molecule is CCC1(C(=O)NC(C)c2ccccn2)CCCN1. The number of amides is 1. The fourth-order valence-electron chi connectivity index (χ4n) is 2.50. The minimum absolute atomic E-state index is 0.0514. The Kier molecular flexibility index (Phi) is 3.97. The molecule has 98 valence electrons. The Bertz CT molecular complexity index is 399. The Morgan fingerprint density at radius 2 is 2.44 bits per heavy atom. The van der Waals surface area contributed by atoms with E-state index >= 15 is 0 Å². The van der Waals surface area contributed by atoms with Gasteiger partial charge in [-0.1, -0.05) is 13.0 Å². The third-order valence-corrected chi connectivity index (χ3v) is 3.76. The van der Waals surface area contributed by atoms with Gasteiger partial charge in [0.05, 0.1) is 17.3 Å². The minimum Gasteiger partial charge on any atom is -0.346 e. The van der Waals surface area contributed by atoms with E-state index in [1.54, 1.807) is 6.20 Å². The van der Waals surface area contributed by atoms with Gasteiger partial charge in [0.2, 0.25) is 5.91 Å². The summed E-state index contributed by atoms with van der Waals surface area (Å²) in [5, 5.41) is 6.41. The largest absolute Gasteiger partial charge is 0.346 e. The molecule has 1 aromatic rings. The molecule has 2 unspecified atom stereocenters. The topological polar surface area (TPSA) is 54.0 Å². The van der Waals surface area contributed by atoms with Crippen LogP contribution in [0.4, 0.5) is 0 Å². The van der Waals surface area contributed by atoms with Crippen molar-refractivity contribution in [2.75, 3.05) is 6.54 Å². The van der Waals surface area contributed by atoms with Crippen LogP contribution in [0.25, 0.3) is 0 Å². The molecule has 0 bridgehead atoms. The summed E-state index contributed by atoms with van der Waals surface area (Å²) >= 11 is 0. The highest BCUT2D eigenvalue weighted by atomic mass is 16.2. The molecule has 1 amide bonds. The van der Waals surface area contributed by atoms with Gasteiger partial charge in [-0.15, -0.1) is 0 Å². The first-order chi connectivity index (χ1) is 8.68. The number of hydrogen-bond donors (Lipinski definition) is 2. The highest BCUT2D eigenvalue weighted by Crippen LogP contribution is 2.24. The molecule has 2 N–H and O–H groups in total. The number of nitrogens with zero attached hydrogens (tertiary/aromatic N) is 1. The van der Waals surface area contributed by atoms with Crippen LogP contribution in [-0.4, -0.2) is 23.0 Å². The maximum atomic E-state index is 12.4. The zero-order valence-corrected chi connectivity index (χ0v) is 11.1. The lowest BCUT2D eigenvalue weighted by atomic mass is 9.92. The highest BCUT2D eigenvalue weighted by Gasteiger charge is 2.39. The van der Waals surface area contributed by atoms with Crippen LogP contribution in [0.15, 0.2) is 24.4 Å². The molecule has 4 heteroatoms. The molecule has 1 fully saturated rings. The normalized spacial score (nSPS) is 24.8. The number of hydrogen-bond acceptors (Lipinski definition) is 3. The lowest BCUT2D eigenvalue weighted by Gasteiger charge is -2.28. The molecular formula is C14H21N3O. The molecular weight excluding hydrogens is 226 g/mol. The number of aromatic nitrogens is 1. The number of carbonyl (C=O) groups is 1. The van der Waals surface area contributed by atoms with Gasteiger partial charge in [-0.2, -0.15) is 0 Å². The molecule has 0 aromatic carbocycles. The highest BCUT2D eigenvalue weighted by molar-refractivity contribution is 5.86. The number of rotatable bonds is 4. The van der Waals surface area contributed by atoms with Crippen LogP contribution in [0.3, 0.4) is 0 Å². The van der Waals surface area contributed by atoms with E-state index in [2.05, 4.69) is 22.5 Å². The van der Waals surface area contributed by atoms with Crippen molar-refractivity contribution in [2.24, 2.45) is 0 Å². The molecule has 1 aliphatic heterocycles. The van der Waals surface area contributed by atoms with Crippen LogP contribution >= 0.6 is 0 Å². The number of carbonyl (C=O) groups excluding carboxylic acids is 1. The first-order valence-electron chi connectivity index (χ1n) is 6.65. The first-order valence-corrected chi connectivity index (χ1v) is 6.65. The van der Waals surface area contributed by atoms with E-state index in [9.17, 15) is 4.79 Å². The summed E-state index contributed by atoms with van der Waals surface area (Å²) in [7, 11) is 0. The second-order valence-corrected chi connectivity index (χ2v) is 4.92. The smallest absolute Gasteiger partial charge is 0.240 e. The fraction of sp³-hybridized carbons (Fsp3) is 0.571. The molecule has 0 aliphatic carbocycles. The van der Waals surface area contributed by atoms with E-state index in [0.29, 0.717) is 0 Å². The van der Waals surface area contributed by atoms with Gasteiger partial charge < -0.3 is 10.6 Å². The van der Waals surface area contributed by atoms with Gasteiger partial charge in [0.25, 0.3) is 0 Å². The van der Waals surface area contributed by atoms with Gasteiger partial charge in [0.1, 0.15) is 0 Å². The summed E-state index contributed by atoms with van der Waals surface area (Å²) in [6.45, 7) is 4.96. The molecule has 2 atom stereocenters. The Labute approximate surface area is 108 Å². The fourth-order valence-corrected chi connectivity index (χ4v) is 2.50. The standard InChI is InChI=1S/C14H21N3O/c1-3-14(8-6-10-16-14)13(18)17-11(2)12-7-4-5-9-15-12/h4-5,7,9,11,16H,3,6,8,10H2,1-2H3,(H,17,18). The second-order valence-electron chi connectivity index (χ2n) is 4.92. The van der Waals surface area contributed by atoms with E-state index in [4.69, 9.17) is 0 Å². The lowest BCUT2D eigenvalue weighted by molar-refractivity contribution is -0.128. The number of pyridine rings is 1. The third-order valence-electron chi connectivity index (χ3n) is 3.76. The second kappa shape index (κ2) is 5.48. The van der Waals surface area contributed by atoms with Gasteiger partial charge in [0.15, 0.2) is 0 Å². The zero-order chi connectivity index (χ0) is 13.0. The lowest BCUT2D eigenvalue weighted by Crippen LogP contribution is -2.53. The van der Waals surface area contributed by atoms with E-state index < -0.39 is 0 Å². The van der Waals surface area contributed by atoms with E-state index in [1.165, 1.54) is 0 Å². The predicted octanol–water partition coefficient (Wildman–Crippen LogP) is 1.79. The van der Waals surface area contributed by atoms with Crippen molar-refractivity contribution >= 4 is 5.91 Å². The average molecular weight is 247 g/mol. The van der Waals surface area contributed by atoms with Crippen molar-refractivity contribution in [1.29, 1.82) is 0 Å². The van der Waals surface area contributed by atoms with Crippen molar-refractivity contribution < 1.29 is 4.79 Å². The monoisotopic (exact) mass is 247 g/mol. The molecule has 1 aliphatic rings. The quantitative estimate of drug-likeness (QED) is 0.853. The van der Waals surface area contributed by atoms with Crippen LogP contribution in [0.2, 0.25) is 0 Å². The molecule has 4 nitrogen and oxygen atoms in total. The summed E-state index contributed by atoms with van der Waals surface area (Å²) in [6.07, 6.45) is 4.57. The van der Waals surface area contributed by atoms with Crippen molar-refractivity contribution in [3.63, 3.8) is 0 Å². The molecule has 18 heavy (non-hydrogen) atoms. The van der Waals surface area contributed by atoms with Gasteiger partial charge in [-0.3, -0.25) is 9.78 Å². The summed E-state index contributed by atoms with van der Waals surface area (Å²) < 4.78 is 0. The molecule has 0 radical (unpaired) electrons. The molecule has 0 spiro atoms. The predicted molar refractivity (Wildman–Crippen MR) is 71.1 cm³/mol. The Balaban J connectivity index is 2.03. The zero-order valence-electron chi connectivity index (χ0n) is 11.1. The van der Waals surface area contributed by atoms with Gasteiger partial charge >= 0.3 is 0 Å². The van der Waals surface area contributed by atoms with Crippen molar-refractivity contribution in [3.05, 3.63) is 30.1 Å². The summed E-state index contributed by atoms with van der Waals surface area (Å²) in [5.41, 5.74) is 0.526. The van der Waals surface area contributed by atoms with E-state index in [0.717, 1.165) is 31.5 Å². The number of nitrogens with one attached hydrogen (secondary N) is 2. The summed E-state index contributed by atoms with van der Waals surface area (Å²) in [4.78, 5) is 16.7. The Hall–Kier alpha value is -1.42. The average Bonchev–Trinajstić information content (AvgIpc) is 2.89. The molecule has 2 rings (SSSR count). The van der Waals surface area contributed by atoms with Gasteiger partial charge in [-0.05, 0) is 44.9 Å². The van der Waals surface area contributed by atoms with Gasteiger partial charge in [-0.25, -0.2) is 0 Å².